The van der Waals surface area contributed by atoms with Gasteiger partial charge in [0.1, 0.15) is 5.82 Å². The van der Waals surface area contributed by atoms with E-state index in [1.807, 2.05) is 0 Å². The van der Waals surface area contributed by atoms with Gasteiger partial charge in [-0.25, -0.2) is 19.0 Å². The second-order valence-corrected chi connectivity index (χ2v) is 7.78. The van der Waals surface area contributed by atoms with Crippen molar-refractivity contribution < 1.29 is 27.9 Å². The third-order valence-electron chi connectivity index (χ3n) is 5.57. The highest BCUT2D eigenvalue weighted by atomic mass is 19.1. The summed E-state index contributed by atoms with van der Waals surface area (Å²) in [6, 6.07) is 4.64. The molecule has 1 N–H and O–H groups in total. The predicted octanol–water partition coefficient (Wildman–Crippen LogP) is 3.58. The van der Waals surface area contributed by atoms with Gasteiger partial charge in [-0.15, -0.1) is 0 Å². The number of methoxy groups -OCH3 is 1. The second-order valence-electron chi connectivity index (χ2n) is 7.78. The van der Waals surface area contributed by atoms with E-state index in [4.69, 9.17) is 13.9 Å². The summed E-state index contributed by atoms with van der Waals surface area (Å²) in [5.74, 6) is 0.458. The largest absolute Gasteiger partial charge is 0.453 e. The minimum Gasteiger partial charge on any atom is -0.453 e. The highest BCUT2D eigenvalue weighted by molar-refractivity contribution is 5.84. The van der Waals surface area contributed by atoms with Gasteiger partial charge in [0.15, 0.2) is 18.8 Å². The van der Waals surface area contributed by atoms with Crippen LogP contribution in [0.2, 0.25) is 0 Å². The molecule has 154 valence electrons. The number of ether oxygens (including phenoxy) is 2. The summed E-state index contributed by atoms with van der Waals surface area (Å²) in [4.78, 5) is 28.7. The van der Waals surface area contributed by atoms with Crippen LogP contribution in [0.3, 0.4) is 0 Å². The number of hydrogen-bond donors (Lipinski definition) is 1. The van der Waals surface area contributed by atoms with E-state index < -0.39 is 6.09 Å². The third kappa shape index (κ3) is 4.18. The number of aromatic nitrogens is 1. The van der Waals surface area contributed by atoms with Crippen LogP contribution in [-0.4, -0.2) is 42.3 Å². The molecule has 2 fully saturated rings. The Hall–Kier alpha value is -3.10. The molecule has 2 heterocycles. The van der Waals surface area contributed by atoms with Crippen LogP contribution < -0.4 is 5.32 Å². The van der Waals surface area contributed by atoms with E-state index in [0.29, 0.717) is 29.3 Å². The molecular formula is C20H22FN3O5. The number of carbonyl (C=O) groups excluding carboxylic acids is 2. The molecule has 0 unspecified atom stereocenters. The van der Waals surface area contributed by atoms with Crippen LogP contribution in [0.4, 0.5) is 19.7 Å². The van der Waals surface area contributed by atoms with E-state index in [1.165, 1.54) is 25.8 Å². The van der Waals surface area contributed by atoms with Crippen LogP contribution in [0.15, 0.2) is 35.2 Å². The Balaban J connectivity index is 1.23. The van der Waals surface area contributed by atoms with Gasteiger partial charge in [-0.1, -0.05) is 6.07 Å². The van der Waals surface area contributed by atoms with E-state index in [-0.39, 0.29) is 23.9 Å². The average Bonchev–Trinajstić information content (AvgIpc) is 3.15. The Kier molecular flexibility index (Phi) is 5.12. The number of benzene rings is 1. The first kappa shape index (κ1) is 19.2. The molecule has 1 spiro atoms. The number of carbonyl (C=O) groups is 2. The van der Waals surface area contributed by atoms with Gasteiger partial charge in [0.05, 0.1) is 13.3 Å². The lowest BCUT2D eigenvalue weighted by molar-refractivity contribution is -0.0820. The zero-order valence-electron chi connectivity index (χ0n) is 16.0. The molecule has 1 aliphatic carbocycles. The van der Waals surface area contributed by atoms with Gasteiger partial charge in [-0.2, -0.15) is 0 Å². The number of rotatable bonds is 5. The summed E-state index contributed by atoms with van der Waals surface area (Å²) in [6.07, 6.45) is 4.31. The lowest BCUT2D eigenvalue weighted by Crippen LogP contribution is -2.63. The van der Waals surface area contributed by atoms with Crippen molar-refractivity contribution in [2.75, 3.05) is 25.5 Å². The summed E-state index contributed by atoms with van der Waals surface area (Å²) >= 11 is 0. The van der Waals surface area contributed by atoms with E-state index >= 15 is 0 Å². The number of halogens is 1. The van der Waals surface area contributed by atoms with Gasteiger partial charge in [0, 0.05) is 24.2 Å². The Morgan fingerprint density at radius 1 is 1.38 bits per heavy atom. The molecule has 1 saturated carbocycles. The Labute approximate surface area is 167 Å². The van der Waals surface area contributed by atoms with Crippen LogP contribution in [0, 0.1) is 17.2 Å². The summed E-state index contributed by atoms with van der Waals surface area (Å²) < 4.78 is 29.1. The van der Waals surface area contributed by atoms with Crippen molar-refractivity contribution in [2.24, 2.45) is 11.3 Å². The highest BCUT2D eigenvalue weighted by Gasteiger charge is 2.53. The van der Waals surface area contributed by atoms with E-state index in [9.17, 15) is 14.0 Å². The van der Waals surface area contributed by atoms with Crippen LogP contribution >= 0.6 is 0 Å². The SMILES string of the molecule is COC(=O)N1CC2(CC(Cc3ccc(NC(=O)OCc4cnco4)cc3F)C2)C1. The molecule has 8 nitrogen and oxygen atoms in total. The minimum absolute atomic E-state index is 0.0523. The van der Waals surface area contributed by atoms with Crippen LogP contribution in [-0.2, 0) is 22.5 Å². The Morgan fingerprint density at radius 2 is 2.17 bits per heavy atom. The van der Waals surface area contributed by atoms with E-state index in [0.717, 1.165) is 25.9 Å². The van der Waals surface area contributed by atoms with Gasteiger partial charge in [0.2, 0.25) is 0 Å². The first-order valence-electron chi connectivity index (χ1n) is 9.39. The monoisotopic (exact) mass is 403 g/mol. The number of nitrogens with zero attached hydrogens (tertiary/aromatic N) is 2. The number of likely N-dealkylation sites (tertiary alicyclic amines) is 1. The number of hydrogen-bond acceptors (Lipinski definition) is 6. The normalized spacial score (nSPS) is 17.4. The molecule has 0 bridgehead atoms. The lowest BCUT2D eigenvalue weighted by Gasteiger charge is -2.58. The molecule has 4 rings (SSSR count). The third-order valence-corrected chi connectivity index (χ3v) is 5.57. The quantitative estimate of drug-likeness (QED) is 0.820. The van der Waals surface area contributed by atoms with Gasteiger partial charge in [-0.05, 0) is 42.9 Å². The van der Waals surface area contributed by atoms with Gasteiger partial charge in [0.25, 0.3) is 0 Å². The fourth-order valence-electron chi connectivity index (χ4n) is 4.29. The zero-order valence-corrected chi connectivity index (χ0v) is 16.0. The number of oxazole rings is 1. The van der Waals surface area contributed by atoms with Gasteiger partial charge in [-0.3, -0.25) is 5.32 Å². The van der Waals surface area contributed by atoms with Crippen molar-refractivity contribution in [3.05, 3.63) is 47.9 Å². The van der Waals surface area contributed by atoms with Crippen LogP contribution in [0.25, 0.3) is 0 Å². The summed E-state index contributed by atoms with van der Waals surface area (Å²) in [5, 5.41) is 2.49. The molecule has 1 aromatic carbocycles. The van der Waals surface area contributed by atoms with Crippen molar-refractivity contribution in [1.82, 2.24) is 9.88 Å². The molecule has 9 heteroatoms. The summed E-state index contributed by atoms with van der Waals surface area (Å²) in [6.45, 7) is 1.39. The molecule has 2 aliphatic rings. The predicted molar refractivity (Wildman–Crippen MR) is 99.5 cm³/mol. The van der Waals surface area contributed by atoms with Crippen molar-refractivity contribution in [3.63, 3.8) is 0 Å². The molecular weight excluding hydrogens is 381 g/mol. The first-order chi connectivity index (χ1) is 14.0. The molecule has 0 atom stereocenters. The Bertz CT molecular complexity index is 888. The maximum Gasteiger partial charge on any atom is 0.412 e. The molecule has 2 amide bonds. The Morgan fingerprint density at radius 3 is 2.83 bits per heavy atom. The average molecular weight is 403 g/mol. The molecule has 1 aromatic heterocycles. The van der Waals surface area contributed by atoms with E-state index in [1.54, 1.807) is 17.0 Å². The molecule has 0 radical (unpaired) electrons. The summed E-state index contributed by atoms with van der Waals surface area (Å²) in [5.41, 5.74) is 1.13. The lowest BCUT2D eigenvalue weighted by atomic mass is 9.56. The molecule has 2 aromatic rings. The molecule has 1 saturated heterocycles. The first-order valence-corrected chi connectivity index (χ1v) is 9.39. The topological polar surface area (TPSA) is 93.9 Å². The maximum atomic E-state index is 14.4. The standard InChI is InChI=1S/C20H22FN3O5/c1-27-19(26)24-10-20(11-24)6-13(7-20)4-14-2-3-15(5-17(14)21)23-18(25)28-9-16-8-22-12-29-16/h2-3,5,8,12-13H,4,6-7,9-11H2,1H3,(H,23,25). The van der Waals surface area contributed by atoms with Crippen molar-refractivity contribution in [1.29, 1.82) is 0 Å². The second kappa shape index (κ2) is 7.73. The number of nitrogens with one attached hydrogen (secondary N) is 1. The van der Waals surface area contributed by atoms with Crippen molar-refractivity contribution in [3.8, 4) is 0 Å². The molecule has 29 heavy (non-hydrogen) atoms. The fourth-order valence-corrected chi connectivity index (χ4v) is 4.29. The van der Waals surface area contributed by atoms with Gasteiger partial charge < -0.3 is 18.8 Å². The van der Waals surface area contributed by atoms with Crippen LogP contribution in [0.5, 0.6) is 0 Å². The van der Waals surface area contributed by atoms with Crippen molar-refractivity contribution >= 4 is 17.9 Å². The number of anilines is 1. The van der Waals surface area contributed by atoms with Crippen molar-refractivity contribution in [2.45, 2.75) is 25.9 Å². The van der Waals surface area contributed by atoms with Gasteiger partial charge >= 0.3 is 12.2 Å². The zero-order chi connectivity index (χ0) is 20.4. The van der Waals surface area contributed by atoms with Crippen LogP contribution in [0.1, 0.15) is 24.2 Å². The van der Waals surface area contributed by atoms with E-state index in [2.05, 4.69) is 10.3 Å². The fraction of sp³-hybridized carbons (Fsp3) is 0.450. The smallest absolute Gasteiger partial charge is 0.412 e. The molecule has 1 aliphatic heterocycles. The summed E-state index contributed by atoms with van der Waals surface area (Å²) in [7, 11) is 1.38. The minimum atomic E-state index is -0.699. The highest BCUT2D eigenvalue weighted by Crippen LogP contribution is 2.53. The maximum absolute atomic E-state index is 14.4. The number of amides is 2.